The summed E-state index contributed by atoms with van der Waals surface area (Å²) in [5, 5.41) is 3.97. The minimum absolute atomic E-state index is 0.0531. The van der Waals surface area contributed by atoms with E-state index in [9.17, 15) is 4.79 Å². The van der Waals surface area contributed by atoms with Crippen molar-refractivity contribution in [2.75, 3.05) is 11.1 Å². The fourth-order valence-corrected chi connectivity index (χ4v) is 5.55. The number of benzene rings is 3. The minimum atomic E-state index is -0.0531. The molecule has 0 fully saturated rings. The van der Waals surface area contributed by atoms with Crippen LogP contribution in [-0.2, 0) is 4.79 Å². The number of halogens is 1. The Labute approximate surface area is 196 Å². The van der Waals surface area contributed by atoms with Gasteiger partial charge >= 0.3 is 0 Å². The first kappa shape index (κ1) is 20.9. The molecule has 2 heterocycles. The smallest absolute Gasteiger partial charge is 0.225 e. The van der Waals surface area contributed by atoms with Gasteiger partial charge in [-0.1, -0.05) is 60.1 Å². The summed E-state index contributed by atoms with van der Waals surface area (Å²) in [5.41, 5.74) is 5.47. The van der Waals surface area contributed by atoms with Crippen LogP contribution in [0.15, 0.2) is 91.5 Å². The van der Waals surface area contributed by atoms with Gasteiger partial charge in [0.25, 0.3) is 0 Å². The summed E-state index contributed by atoms with van der Waals surface area (Å²) in [6, 6.07) is 24.7. The van der Waals surface area contributed by atoms with Gasteiger partial charge in [0.15, 0.2) is 0 Å². The molecule has 1 N–H and O–H groups in total. The fourth-order valence-electron chi connectivity index (χ4n) is 4.16. The molecule has 4 nitrogen and oxygen atoms in total. The number of hydrogen-bond acceptors (Lipinski definition) is 3. The molecule has 0 radical (unpaired) electrons. The third-order valence-corrected chi connectivity index (χ3v) is 7.22. The van der Waals surface area contributed by atoms with Gasteiger partial charge in [-0.25, -0.2) is 4.98 Å². The third kappa shape index (κ3) is 4.31. The van der Waals surface area contributed by atoms with E-state index in [1.165, 1.54) is 5.56 Å². The molecule has 6 heteroatoms. The van der Waals surface area contributed by atoms with Crippen molar-refractivity contribution in [3.8, 4) is 0 Å². The summed E-state index contributed by atoms with van der Waals surface area (Å²) >= 11 is 7.97. The maximum absolute atomic E-state index is 12.4. The van der Waals surface area contributed by atoms with Gasteiger partial charge < -0.3 is 9.88 Å². The van der Waals surface area contributed by atoms with Crippen molar-refractivity contribution in [2.45, 2.75) is 17.7 Å². The minimum Gasteiger partial charge on any atom is -0.326 e. The van der Waals surface area contributed by atoms with Crippen LogP contribution in [0.5, 0.6) is 0 Å². The van der Waals surface area contributed by atoms with E-state index in [4.69, 9.17) is 11.6 Å². The molecule has 5 rings (SSSR count). The molecule has 4 aromatic rings. The van der Waals surface area contributed by atoms with Crippen LogP contribution in [0.4, 0.5) is 5.69 Å². The molecular weight excluding hydrogens is 438 g/mol. The van der Waals surface area contributed by atoms with Gasteiger partial charge in [0.1, 0.15) is 0 Å². The molecule has 32 heavy (non-hydrogen) atoms. The SMILES string of the molecule is O=C1CCSC(c2ccccc2)c2cc(C(c3ccc(Cl)cc3)n3ccnc3)ccc2N1. The first-order valence-corrected chi connectivity index (χ1v) is 11.9. The van der Waals surface area contributed by atoms with Crippen LogP contribution >= 0.6 is 23.4 Å². The zero-order valence-electron chi connectivity index (χ0n) is 17.3. The van der Waals surface area contributed by atoms with Gasteiger partial charge in [-0.3, -0.25) is 4.79 Å². The number of aromatic nitrogens is 2. The Kier molecular flexibility index (Phi) is 6.02. The number of nitrogens with zero attached hydrogens (tertiary/aromatic N) is 2. The van der Waals surface area contributed by atoms with Gasteiger partial charge in [0.2, 0.25) is 5.91 Å². The second-order valence-electron chi connectivity index (χ2n) is 7.77. The topological polar surface area (TPSA) is 46.9 Å². The number of carbonyl (C=O) groups excluding carboxylic acids is 1. The standard InChI is InChI=1S/C26H22ClN3OS/c27-21-9-6-18(7-10-21)25(30-14-13-28-17-30)20-8-11-23-22(16-20)26(19-4-2-1-3-5-19)32-15-12-24(31)29-23/h1-11,13-14,16-17,25-26H,12,15H2,(H,29,31). The summed E-state index contributed by atoms with van der Waals surface area (Å²) in [6.07, 6.45) is 6.11. The average Bonchev–Trinajstić information content (AvgIpc) is 3.33. The number of imidazole rings is 1. The molecule has 0 bridgehead atoms. The number of hydrogen-bond donors (Lipinski definition) is 1. The van der Waals surface area contributed by atoms with Crippen molar-refractivity contribution in [1.29, 1.82) is 0 Å². The lowest BCUT2D eigenvalue weighted by atomic mass is 9.93. The molecule has 160 valence electrons. The van der Waals surface area contributed by atoms with Crippen molar-refractivity contribution in [3.63, 3.8) is 0 Å². The summed E-state index contributed by atoms with van der Waals surface area (Å²) in [5.74, 6) is 0.832. The van der Waals surface area contributed by atoms with Gasteiger partial charge in [-0.2, -0.15) is 0 Å². The van der Waals surface area contributed by atoms with Crippen molar-refractivity contribution >= 4 is 35.0 Å². The highest BCUT2D eigenvalue weighted by molar-refractivity contribution is 7.99. The van der Waals surface area contributed by atoms with E-state index >= 15 is 0 Å². The second-order valence-corrected chi connectivity index (χ2v) is 9.42. The summed E-state index contributed by atoms with van der Waals surface area (Å²) in [6.45, 7) is 0. The van der Waals surface area contributed by atoms with E-state index in [2.05, 4.69) is 63.4 Å². The molecular formula is C26H22ClN3OS. The summed E-state index contributed by atoms with van der Waals surface area (Å²) in [4.78, 5) is 16.6. The molecule has 0 aliphatic carbocycles. The molecule has 2 atom stereocenters. The lowest BCUT2D eigenvalue weighted by Crippen LogP contribution is -2.19. The zero-order valence-corrected chi connectivity index (χ0v) is 18.9. The number of nitrogens with one attached hydrogen (secondary N) is 1. The highest BCUT2D eigenvalue weighted by Gasteiger charge is 2.25. The highest BCUT2D eigenvalue weighted by atomic mass is 35.5. The van der Waals surface area contributed by atoms with Gasteiger partial charge in [0, 0.05) is 35.3 Å². The van der Waals surface area contributed by atoms with E-state index < -0.39 is 0 Å². The Bertz CT molecular complexity index is 1210. The first-order chi connectivity index (χ1) is 15.7. The summed E-state index contributed by atoms with van der Waals surface area (Å²) < 4.78 is 2.09. The van der Waals surface area contributed by atoms with E-state index in [0.29, 0.717) is 11.4 Å². The maximum Gasteiger partial charge on any atom is 0.225 e. The number of thioether (sulfide) groups is 1. The molecule has 3 aromatic carbocycles. The fraction of sp³-hybridized carbons (Fsp3) is 0.154. The van der Waals surface area contributed by atoms with Crippen LogP contribution < -0.4 is 5.32 Å². The van der Waals surface area contributed by atoms with Crippen molar-refractivity contribution in [2.24, 2.45) is 0 Å². The van der Waals surface area contributed by atoms with Crippen LogP contribution in [-0.4, -0.2) is 21.2 Å². The number of rotatable bonds is 4. The first-order valence-electron chi connectivity index (χ1n) is 10.5. The van der Waals surface area contributed by atoms with Crippen LogP contribution in [0.25, 0.3) is 0 Å². The lowest BCUT2D eigenvalue weighted by molar-refractivity contribution is -0.115. The van der Waals surface area contributed by atoms with Crippen LogP contribution in [0.1, 0.15) is 40.0 Å². The third-order valence-electron chi connectivity index (χ3n) is 5.67. The quantitative estimate of drug-likeness (QED) is 0.387. The van der Waals surface area contributed by atoms with E-state index in [0.717, 1.165) is 28.1 Å². The Morgan fingerprint density at radius 1 is 1.03 bits per heavy atom. The van der Waals surface area contributed by atoms with Gasteiger partial charge in [-0.05, 0) is 46.5 Å². The number of anilines is 1. The Morgan fingerprint density at radius 3 is 2.56 bits per heavy atom. The van der Waals surface area contributed by atoms with E-state index in [-0.39, 0.29) is 17.2 Å². The molecule has 0 saturated carbocycles. The zero-order chi connectivity index (χ0) is 21.9. The van der Waals surface area contributed by atoms with Gasteiger partial charge in [-0.15, -0.1) is 11.8 Å². The molecule has 0 spiro atoms. The average molecular weight is 460 g/mol. The molecule has 1 amide bonds. The Hall–Kier alpha value is -3.02. The van der Waals surface area contributed by atoms with Crippen molar-refractivity contribution in [3.05, 3.63) is 119 Å². The summed E-state index contributed by atoms with van der Waals surface area (Å²) in [7, 11) is 0. The predicted molar refractivity (Wildman–Crippen MR) is 131 cm³/mol. The van der Waals surface area contributed by atoms with Gasteiger partial charge in [0.05, 0.1) is 17.6 Å². The molecule has 1 aromatic heterocycles. The van der Waals surface area contributed by atoms with E-state index in [1.54, 1.807) is 6.20 Å². The lowest BCUT2D eigenvalue weighted by Gasteiger charge is -2.27. The number of fused-ring (bicyclic) bond motifs is 1. The maximum atomic E-state index is 12.4. The number of amides is 1. The molecule has 2 unspecified atom stereocenters. The predicted octanol–water partition coefficient (Wildman–Crippen LogP) is 6.34. The monoisotopic (exact) mass is 459 g/mol. The molecule has 1 aliphatic heterocycles. The van der Waals surface area contributed by atoms with Crippen LogP contribution in [0.3, 0.4) is 0 Å². The number of carbonyl (C=O) groups is 1. The van der Waals surface area contributed by atoms with Crippen molar-refractivity contribution < 1.29 is 4.79 Å². The van der Waals surface area contributed by atoms with E-state index in [1.807, 2.05) is 48.6 Å². The highest BCUT2D eigenvalue weighted by Crippen LogP contribution is 2.42. The normalized spacial score (nSPS) is 17.0. The van der Waals surface area contributed by atoms with Crippen molar-refractivity contribution in [1.82, 2.24) is 9.55 Å². The molecule has 1 aliphatic rings. The molecule has 0 saturated heterocycles. The Morgan fingerprint density at radius 2 is 1.81 bits per heavy atom. The largest absolute Gasteiger partial charge is 0.326 e. The Balaban J connectivity index is 1.65. The second kappa shape index (κ2) is 9.23. The van der Waals surface area contributed by atoms with Crippen LogP contribution in [0.2, 0.25) is 5.02 Å². The van der Waals surface area contributed by atoms with Crippen LogP contribution in [0, 0.1) is 0 Å².